The summed E-state index contributed by atoms with van der Waals surface area (Å²) in [6, 6.07) is 8.27. The summed E-state index contributed by atoms with van der Waals surface area (Å²) in [5.41, 5.74) is 0.460. The van der Waals surface area contributed by atoms with Crippen molar-refractivity contribution in [1.29, 1.82) is 0 Å². The van der Waals surface area contributed by atoms with E-state index in [1.807, 2.05) is 0 Å². The van der Waals surface area contributed by atoms with Gasteiger partial charge in [-0.2, -0.15) is 6.07 Å². The number of carbonyl (C=O) groups excluding carboxylic acids is 2. The van der Waals surface area contributed by atoms with Gasteiger partial charge in [-0.05, 0) is 31.7 Å². The smallest absolute Gasteiger partial charge is 0.531 e. The number of aromatic hydroxyl groups is 1. The molecule has 0 saturated carbocycles. The summed E-state index contributed by atoms with van der Waals surface area (Å²) in [6.45, 7) is 2.56. The van der Waals surface area contributed by atoms with Crippen LogP contribution in [0.4, 0.5) is 11.4 Å². The van der Waals surface area contributed by atoms with Crippen LogP contribution in [0.15, 0.2) is 36.7 Å². The van der Waals surface area contributed by atoms with E-state index in [4.69, 9.17) is 0 Å². The van der Waals surface area contributed by atoms with E-state index in [0.717, 1.165) is 12.3 Å². The van der Waals surface area contributed by atoms with Crippen LogP contribution in [0.5, 0.6) is 5.75 Å². The van der Waals surface area contributed by atoms with Gasteiger partial charge in [0.25, 0.3) is 0 Å². The molecule has 2 rings (SSSR count). The van der Waals surface area contributed by atoms with Crippen molar-refractivity contribution in [2.75, 3.05) is 16.9 Å². The molecule has 2 aromatic rings. The van der Waals surface area contributed by atoms with Crippen molar-refractivity contribution in [2.24, 2.45) is 0 Å². The Hall–Kier alpha value is -1.84. The van der Waals surface area contributed by atoms with Crippen LogP contribution in [0.25, 0.3) is 0 Å². The maximum atomic E-state index is 12.2. The number of sulfone groups is 1. The number of phenolic OH excluding ortho intramolecular Hbond substituents is 1. The summed E-state index contributed by atoms with van der Waals surface area (Å²) in [4.78, 5) is 28.1. The van der Waals surface area contributed by atoms with E-state index in [1.54, 1.807) is 12.1 Å². The molecule has 3 N–H and O–H groups in total. The van der Waals surface area contributed by atoms with Gasteiger partial charge in [0.2, 0.25) is 11.8 Å². The molecule has 10 heteroatoms. The van der Waals surface area contributed by atoms with Crippen molar-refractivity contribution in [3.8, 4) is 5.75 Å². The third-order valence-corrected chi connectivity index (χ3v) is 5.86. The van der Waals surface area contributed by atoms with E-state index < -0.39 is 26.4 Å². The van der Waals surface area contributed by atoms with Crippen LogP contribution in [0.3, 0.4) is 0 Å². The van der Waals surface area contributed by atoms with Crippen LogP contribution in [-0.4, -0.2) is 41.3 Å². The summed E-state index contributed by atoms with van der Waals surface area (Å²) < 4.78 is 21.7. The van der Waals surface area contributed by atoms with Crippen molar-refractivity contribution in [2.45, 2.75) is 18.6 Å². The second kappa shape index (κ2) is 8.90. The van der Waals surface area contributed by atoms with E-state index >= 15 is 0 Å². The number of benzene rings is 1. The zero-order valence-corrected chi connectivity index (χ0v) is 18.6. The Morgan fingerprint density at radius 1 is 1.26 bits per heavy atom. The molecule has 0 fully saturated rings. The topological polar surface area (TPSA) is 125 Å². The number of pyridine rings is 1. The van der Waals surface area contributed by atoms with Gasteiger partial charge in [-0.3, -0.25) is 14.6 Å². The van der Waals surface area contributed by atoms with Gasteiger partial charge < -0.3 is 15.7 Å². The van der Waals surface area contributed by atoms with Gasteiger partial charge in [0.05, 0.1) is 5.56 Å². The number of hydrogen-bond acceptors (Lipinski definition) is 6. The average Bonchev–Trinajstić information content (AvgIpc) is 2.57. The molecule has 0 aliphatic heterocycles. The molecule has 0 aliphatic rings. The van der Waals surface area contributed by atoms with Crippen LogP contribution in [0, 0.1) is 6.07 Å². The molecule has 1 heterocycles. The van der Waals surface area contributed by atoms with Crippen molar-refractivity contribution in [3.05, 3.63) is 48.3 Å². The summed E-state index contributed by atoms with van der Waals surface area (Å²) >= 11 is 0. The third kappa shape index (κ3) is 5.57. The fourth-order valence-corrected chi connectivity index (χ4v) is 2.17. The fraction of sp³-hybridized carbons (Fsp3) is 0.235. The molecule has 0 atom stereocenters. The van der Waals surface area contributed by atoms with E-state index in [0.29, 0.717) is 5.56 Å². The van der Waals surface area contributed by atoms with Crippen molar-refractivity contribution in [3.63, 3.8) is 0 Å². The molecule has 27 heavy (non-hydrogen) atoms. The first kappa shape index (κ1) is 23.2. The first-order valence-corrected chi connectivity index (χ1v) is 9.38. The number of carbonyl (C=O) groups is 2. The van der Waals surface area contributed by atoms with Crippen molar-refractivity contribution in [1.82, 2.24) is 4.98 Å². The Morgan fingerprint density at radius 2 is 1.93 bits per heavy atom. The minimum atomic E-state index is -3.64. The Morgan fingerprint density at radius 3 is 2.44 bits per heavy atom. The summed E-state index contributed by atoms with van der Waals surface area (Å²) in [5, 5.41) is 14.9. The number of nitrogens with one attached hydrogen (secondary N) is 2. The molecule has 0 spiro atoms. The molecule has 0 radical (unpaired) electrons. The Bertz CT molecular complexity index is 946. The molecular formula is C17H18N3O5SY+2. The normalized spacial score (nSPS) is 11.2. The predicted molar refractivity (Wildman–Crippen MR) is 96.7 cm³/mol. The quantitative estimate of drug-likeness (QED) is 0.455. The molecule has 8 nitrogen and oxygen atoms in total. The van der Waals surface area contributed by atoms with Gasteiger partial charge >= 0.3 is 32.7 Å². The predicted octanol–water partition coefficient (Wildman–Crippen LogP) is 1.60. The van der Waals surface area contributed by atoms with Crippen LogP contribution in [-0.2, 0) is 47.3 Å². The van der Waals surface area contributed by atoms with Crippen LogP contribution < -0.4 is 10.6 Å². The zero-order valence-electron chi connectivity index (χ0n) is 15.0. The number of amides is 2. The Labute approximate surface area is 182 Å². The molecule has 0 unspecified atom stereocenters. The SMILES string of the molecule is CC(C)(C(=O)Nc1[c-]cc(NC(=O)c2cccnc2)c(O)c1)S(C)(=O)=O.[Y+3]. The fourth-order valence-electron chi connectivity index (χ4n) is 1.79. The molecule has 1 aromatic heterocycles. The maximum absolute atomic E-state index is 12.2. The van der Waals surface area contributed by atoms with Crippen LogP contribution >= 0.6 is 0 Å². The average molecular weight is 465 g/mol. The monoisotopic (exact) mass is 465 g/mol. The van der Waals surface area contributed by atoms with E-state index in [1.165, 1.54) is 32.3 Å². The minimum Gasteiger partial charge on any atom is -0.531 e. The third-order valence-electron chi connectivity index (χ3n) is 3.82. The van der Waals surface area contributed by atoms with E-state index in [2.05, 4.69) is 21.7 Å². The number of aromatic nitrogens is 1. The van der Waals surface area contributed by atoms with Gasteiger partial charge in [-0.1, -0.05) is 5.69 Å². The number of rotatable bonds is 5. The molecule has 0 bridgehead atoms. The summed E-state index contributed by atoms with van der Waals surface area (Å²) in [5.74, 6) is -1.55. The molecular weight excluding hydrogens is 447 g/mol. The van der Waals surface area contributed by atoms with Gasteiger partial charge in [-0.25, -0.2) is 8.42 Å². The summed E-state index contributed by atoms with van der Waals surface area (Å²) in [6.07, 6.45) is 3.86. The largest absolute Gasteiger partial charge is 3.00 e. The van der Waals surface area contributed by atoms with Crippen molar-refractivity contribution < 1.29 is 55.8 Å². The molecule has 2 amide bonds. The minimum absolute atomic E-state index is 0. The van der Waals surface area contributed by atoms with Crippen LogP contribution in [0.1, 0.15) is 24.2 Å². The number of anilines is 2. The first-order valence-electron chi connectivity index (χ1n) is 7.49. The standard InChI is InChI=1S/C17H18N3O5S.Y/c1-17(2,26(3,24)25)16(23)19-12-6-7-13(14(21)9-12)20-15(22)11-5-4-8-18-10-11;/h4-5,7-10,21H,1-3H3,(H,19,23)(H,20,22);/q-1;+3. The molecule has 1 aromatic carbocycles. The van der Waals surface area contributed by atoms with E-state index in [9.17, 15) is 23.1 Å². The number of hydrogen-bond donors (Lipinski definition) is 3. The maximum Gasteiger partial charge on any atom is 3.00 e. The van der Waals surface area contributed by atoms with Gasteiger partial charge in [-0.15, -0.1) is 12.1 Å². The number of phenols is 1. The van der Waals surface area contributed by atoms with E-state index in [-0.39, 0.29) is 49.8 Å². The molecule has 0 saturated heterocycles. The molecule has 0 aliphatic carbocycles. The molecule has 138 valence electrons. The Kier molecular flexibility index (Phi) is 7.65. The van der Waals surface area contributed by atoms with Crippen LogP contribution in [0.2, 0.25) is 0 Å². The second-order valence-electron chi connectivity index (χ2n) is 6.08. The first-order chi connectivity index (χ1) is 12.0. The Balaban J connectivity index is 0.00000364. The van der Waals surface area contributed by atoms with Gasteiger partial charge in [0.15, 0.2) is 9.84 Å². The zero-order chi connectivity index (χ0) is 19.5. The van der Waals surface area contributed by atoms with Crippen molar-refractivity contribution >= 4 is 33.0 Å². The second-order valence-corrected chi connectivity index (χ2v) is 8.64. The van der Waals surface area contributed by atoms with Gasteiger partial charge in [0.1, 0.15) is 4.75 Å². The van der Waals surface area contributed by atoms with Gasteiger partial charge in [0, 0.05) is 24.4 Å². The summed E-state index contributed by atoms with van der Waals surface area (Å²) in [7, 11) is -3.64. The number of nitrogens with zero attached hydrogens (tertiary/aromatic N) is 1.